The van der Waals surface area contributed by atoms with Gasteiger partial charge in [-0.2, -0.15) is 0 Å². The van der Waals surface area contributed by atoms with E-state index in [4.69, 9.17) is 5.73 Å². The van der Waals surface area contributed by atoms with E-state index in [1.54, 1.807) is 0 Å². The molecule has 1 unspecified atom stereocenters. The van der Waals surface area contributed by atoms with Gasteiger partial charge in [0.25, 0.3) is 0 Å². The minimum Gasteiger partial charge on any atom is -0.399 e. The van der Waals surface area contributed by atoms with Crippen LogP contribution in [0.25, 0.3) is 0 Å². The molecule has 0 fully saturated rings. The van der Waals surface area contributed by atoms with E-state index in [1.165, 1.54) is 30.5 Å². The highest BCUT2D eigenvalue weighted by molar-refractivity contribution is 5.47. The molecule has 0 radical (unpaired) electrons. The van der Waals surface area contributed by atoms with Crippen LogP contribution >= 0.6 is 0 Å². The maximum Gasteiger partial charge on any atom is 0.0348 e. The number of nitrogens with zero attached hydrogens (tertiary/aromatic N) is 1. The van der Waals surface area contributed by atoms with E-state index in [0.29, 0.717) is 6.04 Å². The van der Waals surface area contributed by atoms with Crippen LogP contribution in [0, 0.1) is 0 Å². The van der Waals surface area contributed by atoms with Crippen molar-refractivity contribution in [1.29, 1.82) is 0 Å². The van der Waals surface area contributed by atoms with E-state index < -0.39 is 0 Å². The number of fused-ring (bicyclic) bond motifs is 1. The van der Waals surface area contributed by atoms with Crippen LogP contribution in [0.3, 0.4) is 0 Å². The molecule has 2 rings (SSSR count). The fraction of sp³-hybridized carbons (Fsp3) is 0.538. The van der Waals surface area contributed by atoms with Gasteiger partial charge in [0, 0.05) is 18.3 Å². The lowest BCUT2D eigenvalue weighted by molar-refractivity contribution is 0.218. The Kier molecular flexibility index (Phi) is 2.96. The third-order valence-electron chi connectivity index (χ3n) is 3.36. The topological polar surface area (TPSA) is 29.3 Å². The van der Waals surface area contributed by atoms with Crippen molar-refractivity contribution in [2.24, 2.45) is 0 Å². The maximum atomic E-state index is 5.87. The number of rotatable bonds is 2. The van der Waals surface area contributed by atoms with Crippen molar-refractivity contribution in [1.82, 2.24) is 4.90 Å². The van der Waals surface area contributed by atoms with Crippen molar-refractivity contribution < 1.29 is 0 Å². The normalized spacial score (nSPS) is 21.3. The molecular formula is C13H20N2. The summed E-state index contributed by atoms with van der Waals surface area (Å²) in [4.78, 5) is 2.45. The Bertz CT molecular complexity index is 346. The SMILES string of the molecule is CCCC1c2cc(N)ccc2CCN1C. The van der Waals surface area contributed by atoms with Gasteiger partial charge < -0.3 is 5.73 Å². The third-order valence-corrected chi connectivity index (χ3v) is 3.36. The van der Waals surface area contributed by atoms with Crippen LogP contribution in [0.1, 0.15) is 36.9 Å². The summed E-state index contributed by atoms with van der Waals surface area (Å²) in [6, 6.07) is 6.95. The van der Waals surface area contributed by atoms with Crippen molar-refractivity contribution >= 4 is 5.69 Å². The van der Waals surface area contributed by atoms with Crippen LogP contribution in [-0.2, 0) is 6.42 Å². The fourth-order valence-electron chi connectivity index (χ4n) is 2.49. The molecule has 1 aliphatic rings. The molecule has 15 heavy (non-hydrogen) atoms. The van der Waals surface area contributed by atoms with E-state index in [9.17, 15) is 0 Å². The van der Waals surface area contributed by atoms with Gasteiger partial charge >= 0.3 is 0 Å². The van der Waals surface area contributed by atoms with Gasteiger partial charge in [-0.15, -0.1) is 0 Å². The summed E-state index contributed by atoms with van der Waals surface area (Å²) in [5.41, 5.74) is 9.70. The molecular weight excluding hydrogens is 184 g/mol. The molecule has 1 aromatic rings. The molecule has 0 aromatic heterocycles. The smallest absolute Gasteiger partial charge is 0.0348 e. The van der Waals surface area contributed by atoms with Gasteiger partial charge in [0.15, 0.2) is 0 Å². The Hall–Kier alpha value is -1.02. The van der Waals surface area contributed by atoms with E-state index in [0.717, 1.165) is 12.1 Å². The van der Waals surface area contributed by atoms with Gasteiger partial charge in [0.1, 0.15) is 0 Å². The van der Waals surface area contributed by atoms with Gasteiger partial charge in [-0.05, 0) is 43.1 Å². The number of likely N-dealkylation sites (N-methyl/N-ethyl adjacent to an activating group) is 1. The van der Waals surface area contributed by atoms with Crippen LogP contribution in [0.5, 0.6) is 0 Å². The molecule has 1 heterocycles. The van der Waals surface area contributed by atoms with E-state index in [1.807, 2.05) is 6.07 Å². The Labute approximate surface area is 92.1 Å². The number of hydrogen-bond acceptors (Lipinski definition) is 2. The summed E-state index contributed by atoms with van der Waals surface area (Å²) >= 11 is 0. The summed E-state index contributed by atoms with van der Waals surface area (Å²) in [5, 5.41) is 0. The number of hydrogen-bond donors (Lipinski definition) is 1. The second-order valence-corrected chi connectivity index (χ2v) is 4.49. The Morgan fingerprint density at radius 2 is 2.27 bits per heavy atom. The molecule has 0 amide bonds. The van der Waals surface area contributed by atoms with Crippen LogP contribution in [0.4, 0.5) is 5.69 Å². The number of nitrogens with two attached hydrogens (primary N) is 1. The zero-order valence-corrected chi connectivity index (χ0v) is 9.66. The fourth-order valence-corrected chi connectivity index (χ4v) is 2.49. The van der Waals surface area contributed by atoms with Crippen LogP contribution in [-0.4, -0.2) is 18.5 Å². The third kappa shape index (κ3) is 2.00. The maximum absolute atomic E-state index is 5.87. The average molecular weight is 204 g/mol. The molecule has 0 saturated carbocycles. The predicted octanol–water partition coefficient (Wildman–Crippen LogP) is 2.60. The molecule has 1 aliphatic heterocycles. The van der Waals surface area contributed by atoms with Crippen LogP contribution in [0.2, 0.25) is 0 Å². The van der Waals surface area contributed by atoms with Gasteiger partial charge in [-0.3, -0.25) is 4.90 Å². The molecule has 2 N–H and O–H groups in total. The Morgan fingerprint density at radius 3 is 3.00 bits per heavy atom. The molecule has 82 valence electrons. The Balaban J connectivity index is 2.36. The van der Waals surface area contributed by atoms with Gasteiger partial charge in [-0.1, -0.05) is 19.4 Å². The van der Waals surface area contributed by atoms with Gasteiger partial charge in [-0.25, -0.2) is 0 Å². The van der Waals surface area contributed by atoms with Crippen molar-refractivity contribution in [2.45, 2.75) is 32.2 Å². The van der Waals surface area contributed by atoms with Gasteiger partial charge in [0.05, 0.1) is 0 Å². The second-order valence-electron chi connectivity index (χ2n) is 4.49. The first-order valence-electron chi connectivity index (χ1n) is 5.81. The number of nitrogen functional groups attached to an aromatic ring is 1. The lowest BCUT2D eigenvalue weighted by atomic mass is 9.90. The van der Waals surface area contributed by atoms with E-state index in [2.05, 4.69) is 31.0 Å². The number of anilines is 1. The van der Waals surface area contributed by atoms with Crippen molar-refractivity contribution in [3.63, 3.8) is 0 Å². The minimum atomic E-state index is 0.572. The van der Waals surface area contributed by atoms with Crippen LogP contribution in [0.15, 0.2) is 18.2 Å². The molecule has 1 aromatic carbocycles. The first kappa shape index (κ1) is 10.5. The predicted molar refractivity (Wildman–Crippen MR) is 64.8 cm³/mol. The highest BCUT2D eigenvalue weighted by Gasteiger charge is 2.23. The molecule has 0 aliphatic carbocycles. The van der Waals surface area contributed by atoms with Crippen molar-refractivity contribution in [3.05, 3.63) is 29.3 Å². The standard InChI is InChI=1S/C13H20N2/c1-3-4-13-12-9-11(14)6-5-10(12)7-8-15(13)2/h5-6,9,13H,3-4,7-8,14H2,1-2H3. The summed E-state index contributed by atoms with van der Waals surface area (Å²) in [7, 11) is 2.21. The van der Waals surface area contributed by atoms with E-state index in [-0.39, 0.29) is 0 Å². The molecule has 0 spiro atoms. The summed E-state index contributed by atoms with van der Waals surface area (Å²) < 4.78 is 0. The lowest BCUT2D eigenvalue weighted by Crippen LogP contribution is -2.32. The largest absolute Gasteiger partial charge is 0.399 e. The first-order chi connectivity index (χ1) is 7.22. The first-order valence-corrected chi connectivity index (χ1v) is 5.81. The Morgan fingerprint density at radius 1 is 1.47 bits per heavy atom. The summed E-state index contributed by atoms with van der Waals surface area (Å²) in [5.74, 6) is 0. The molecule has 2 heteroatoms. The van der Waals surface area contributed by atoms with Gasteiger partial charge in [0.2, 0.25) is 0 Å². The van der Waals surface area contributed by atoms with Crippen LogP contribution < -0.4 is 5.73 Å². The molecule has 0 bridgehead atoms. The highest BCUT2D eigenvalue weighted by Crippen LogP contribution is 2.32. The van der Waals surface area contributed by atoms with Crippen molar-refractivity contribution in [2.75, 3.05) is 19.3 Å². The molecule has 1 atom stereocenters. The lowest BCUT2D eigenvalue weighted by Gasteiger charge is -2.34. The van der Waals surface area contributed by atoms with E-state index >= 15 is 0 Å². The number of benzene rings is 1. The molecule has 2 nitrogen and oxygen atoms in total. The monoisotopic (exact) mass is 204 g/mol. The summed E-state index contributed by atoms with van der Waals surface area (Å²) in [6.45, 7) is 3.41. The van der Waals surface area contributed by atoms with Crippen molar-refractivity contribution in [3.8, 4) is 0 Å². The minimum absolute atomic E-state index is 0.572. The zero-order chi connectivity index (χ0) is 10.8. The zero-order valence-electron chi connectivity index (χ0n) is 9.66. The second kappa shape index (κ2) is 4.23. The quantitative estimate of drug-likeness (QED) is 0.750. The molecule has 0 saturated heterocycles. The highest BCUT2D eigenvalue weighted by atomic mass is 15.1. The average Bonchev–Trinajstić information content (AvgIpc) is 2.23. The summed E-state index contributed by atoms with van der Waals surface area (Å²) in [6.07, 6.45) is 3.61.